The van der Waals surface area contributed by atoms with Gasteiger partial charge in [-0.05, 0) is 48.5 Å². The molecule has 2 aromatic carbocycles. The number of carbonyl (C=O) groups is 1. The summed E-state index contributed by atoms with van der Waals surface area (Å²) in [7, 11) is 1.29. The fraction of sp³-hybridized carbons (Fsp3) is 0.150. The first-order valence-corrected chi connectivity index (χ1v) is 8.36. The summed E-state index contributed by atoms with van der Waals surface area (Å²) in [4.78, 5) is 12.3. The summed E-state index contributed by atoms with van der Waals surface area (Å²) < 4.78 is 57.8. The summed E-state index contributed by atoms with van der Waals surface area (Å²) in [6, 6.07) is 12.5. The van der Waals surface area contributed by atoms with E-state index < -0.39 is 12.5 Å². The van der Waals surface area contributed by atoms with Crippen LogP contribution in [0.15, 0.2) is 59.0 Å². The Morgan fingerprint density at radius 1 is 1.07 bits per heavy atom. The van der Waals surface area contributed by atoms with Crippen LogP contribution in [0.5, 0.6) is 17.2 Å². The minimum absolute atomic E-state index is 0.0228. The first-order valence-electron chi connectivity index (χ1n) is 8.36. The fourth-order valence-electron chi connectivity index (χ4n) is 2.39. The summed E-state index contributed by atoms with van der Waals surface area (Å²) >= 11 is 0. The summed E-state index contributed by atoms with van der Waals surface area (Å²) in [6.45, 7) is -2.95. The molecule has 1 N–H and O–H groups in total. The van der Waals surface area contributed by atoms with Gasteiger partial charge in [-0.15, -0.1) is 0 Å². The van der Waals surface area contributed by atoms with Crippen LogP contribution in [-0.2, 0) is 6.61 Å². The molecule has 1 heterocycles. The van der Waals surface area contributed by atoms with E-state index in [1.807, 2.05) is 0 Å². The van der Waals surface area contributed by atoms with Crippen molar-refractivity contribution in [3.05, 3.63) is 71.9 Å². The Labute approximate surface area is 163 Å². The van der Waals surface area contributed by atoms with E-state index >= 15 is 0 Å². The number of anilines is 1. The molecule has 0 unspecified atom stereocenters. The molecule has 0 saturated carbocycles. The van der Waals surface area contributed by atoms with Crippen molar-refractivity contribution in [3.8, 4) is 17.2 Å². The van der Waals surface area contributed by atoms with Crippen molar-refractivity contribution < 1.29 is 36.6 Å². The van der Waals surface area contributed by atoms with Gasteiger partial charge in [-0.2, -0.15) is 8.78 Å². The van der Waals surface area contributed by atoms with Crippen molar-refractivity contribution in [2.45, 2.75) is 13.2 Å². The van der Waals surface area contributed by atoms with E-state index in [2.05, 4.69) is 10.1 Å². The zero-order valence-corrected chi connectivity index (χ0v) is 15.2. The van der Waals surface area contributed by atoms with Crippen LogP contribution < -0.4 is 19.5 Å². The largest absolute Gasteiger partial charge is 0.493 e. The molecule has 0 bridgehead atoms. The quantitative estimate of drug-likeness (QED) is 0.578. The number of benzene rings is 2. The third-order valence-electron chi connectivity index (χ3n) is 3.72. The standard InChI is InChI=1S/C20H16F3NO5/c1-26-18-10-13(4-8-16(18)29-20(22)23)24-19(25)17-9-7-15(28-17)11-27-14-5-2-12(21)3-6-14/h2-10,20H,11H2,1H3,(H,24,25). The van der Waals surface area contributed by atoms with Crippen LogP contribution in [0.4, 0.5) is 18.9 Å². The summed E-state index contributed by atoms with van der Waals surface area (Å²) in [5, 5.41) is 2.57. The van der Waals surface area contributed by atoms with Gasteiger partial charge in [-0.25, -0.2) is 4.39 Å². The fourth-order valence-corrected chi connectivity index (χ4v) is 2.39. The van der Waals surface area contributed by atoms with Crippen molar-refractivity contribution in [1.29, 1.82) is 0 Å². The average molecular weight is 407 g/mol. The number of hydrogen-bond acceptors (Lipinski definition) is 5. The van der Waals surface area contributed by atoms with Crippen LogP contribution in [0.3, 0.4) is 0 Å². The molecule has 152 valence electrons. The zero-order valence-electron chi connectivity index (χ0n) is 15.2. The van der Waals surface area contributed by atoms with Crippen LogP contribution >= 0.6 is 0 Å². The van der Waals surface area contributed by atoms with E-state index in [9.17, 15) is 18.0 Å². The lowest BCUT2D eigenvalue weighted by atomic mass is 10.2. The molecule has 0 radical (unpaired) electrons. The molecule has 0 spiro atoms. The molecule has 1 aromatic heterocycles. The third kappa shape index (κ3) is 5.44. The number of hydrogen-bond donors (Lipinski definition) is 1. The predicted molar refractivity (Wildman–Crippen MR) is 97.0 cm³/mol. The molecular formula is C20H16F3NO5. The molecule has 0 fully saturated rings. The van der Waals surface area contributed by atoms with Gasteiger partial charge in [0.15, 0.2) is 17.3 Å². The van der Waals surface area contributed by atoms with E-state index in [-0.39, 0.29) is 29.7 Å². The topological polar surface area (TPSA) is 69.9 Å². The number of alkyl halides is 2. The van der Waals surface area contributed by atoms with Crippen molar-refractivity contribution in [2.75, 3.05) is 12.4 Å². The molecule has 29 heavy (non-hydrogen) atoms. The number of ether oxygens (including phenoxy) is 3. The molecule has 0 aliphatic carbocycles. The monoisotopic (exact) mass is 407 g/mol. The van der Waals surface area contributed by atoms with Gasteiger partial charge in [-0.3, -0.25) is 4.79 Å². The Morgan fingerprint density at radius 2 is 1.83 bits per heavy atom. The van der Waals surface area contributed by atoms with E-state index in [1.54, 1.807) is 6.07 Å². The Bertz CT molecular complexity index is 973. The predicted octanol–water partition coefficient (Wildman–Crippen LogP) is 4.86. The van der Waals surface area contributed by atoms with Crippen molar-refractivity contribution in [2.24, 2.45) is 0 Å². The molecule has 6 nitrogen and oxygen atoms in total. The highest BCUT2D eigenvalue weighted by atomic mass is 19.3. The van der Waals surface area contributed by atoms with Gasteiger partial charge in [0.25, 0.3) is 5.91 Å². The van der Waals surface area contributed by atoms with Gasteiger partial charge in [0.1, 0.15) is 23.9 Å². The number of furan rings is 1. The second kappa shape index (κ2) is 9.05. The van der Waals surface area contributed by atoms with E-state index in [0.717, 1.165) is 0 Å². The van der Waals surface area contributed by atoms with Crippen molar-refractivity contribution in [3.63, 3.8) is 0 Å². The summed E-state index contributed by atoms with van der Waals surface area (Å²) in [5.74, 6) is -0.184. The molecule has 9 heteroatoms. The highest BCUT2D eigenvalue weighted by Gasteiger charge is 2.15. The lowest BCUT2D eigenvalue weighted by Gasteiger charge is -2.11. The number of rotatable bonds is 8. The van der Waals surface area contributed by atoms with Crippen LogP contribution in [0.1, 0.15) is 16.3 Å². The van der Waals surface area contributed by atoms with E-state index in [1.165, 1.54) is 55.6 Å². The van der Waals surface area contributed by atoms with E-state index in [0.29, 0.717) is 17.2 Å². The molecule has 0 atom stereocenters. The highest BCUT2D eigenvalue weighted by molar-refractivity contribution is 6.02. The number of carbonyl (C=O) groups excluding carboxylic acids is 1. The number of halogens is 3. The molecule has 0 saturated heterocycles. The maximum absolute atomic E-state index is 12.9. The highest BCUT2D eigenvalue weighted by Crippen LogP contribution is 2.31. The Balaban J connectivity index is 1.61. The van der Waals surface area contributed by atoms with Crippen LogP contribution in [0, 0.1) is 5.82 Å². The van der Waals surface area contributed by atoms with Crippen molar-refractivity contribution in [1.82, 2.24) is 0 Å². The molecule has 0 aliphatic heterocycles. The van der Waals surface area contributed by atoms with Crippen LogP contribution in [0.25, 0.3) is 0 Å². The Kier molecular flexibility index (Phi) is 6.28. The maximum Gasteiger partial charge on any atom is 0.387 e. The Hall–Kier alpha value is -3.62. The number of nitrogens with one attached hydrogen (secondary N) is 1. The molecular weight excluding hydrogens is 391 g/mol. The zero-order chi connectivity index (χ0) is 20.8. The van der Waals surface area contributed by atoms with Gasteiger partial charge < -0.3 is 23.9 Å². The third-order valence-corrected chi connectivity index (χ3v) is 3.72. The second-order valence-corrected chi connectivity index (χ2v) is 5.71. The van der Waals surface area contributed by atoms with Crippen LogP contribution in [-0.4, -0.2) is 19.6 Å². The number of amides is 1. The number of methoxy groups -OCH3 is 1. The molecule has 1 amide bonds. The maximum atomic E-state index is 12.9. The van der Waals surface area contributed by atoms with Gasteiger partial charge in [-0.1, -0.05) is 0 Å². The second-order valence-electron chi connectivity index (χ2n) is 5.71. The van der Waals surface area contributed by atoms with Crippen LogP contribution in [0.2, 0.25) is 0 Å². The van der Waals surface area contributed by atoms with Gasteiger partial charge in [0.2, 0.25) is 0 Å². The lowest BCUT2D eigenvalue weighted by molar-refractivity contribution is -0.0512. The first-order chi connectivity index (χ1) is 13.9. The first kappa shape index (κ1) is 20.1. The minimum Gasteiger partial charge on any atom is -0.493 e. The van der Waals surface area contributed by atoms with E-state index in [4.69, 9.17) is 13.9 Å². The van der Waals surface area contributed by atoms with Gasteiger partial charge >= 0.3 is 6.61 Å². The summed E-state index contributed by atoms with van der Waals surface area (Å²) in [6.07, 6.45) is 0. The normalized spacial score (nSPS) is 10.7. The molecule has 0 aliphatic rings. The van der Waals surface area contributed by atoms with Crippen molar-refractivity contribution >= 4 is 11.6 Å². The Morgan fingerprint density at radius 3 is 2.52 bits per heavy atom. The smallest absolute Gasteiger partial charge is 0.387 e. The molecule has 3 rings (SSSR count). The van der Waals surface area contributed by atoms with Gasteiger partial charge in [0, 0.05) is 11.8 Å². The van der Waals surface area contributed by atoms with Gasteiger partial charge in [0.05, 0.1) is 7.11 Å². The lowest BCUT2D eigenvalue weighted by Crippen LogP contribution is -2.11. The average Bonchev–Trinajstić information content (AvgIpc) is 3.17. The summed E-state index contributed by atoms with van der Waals surface area (Å²) in [5.41, 5.74) is 0.300. The SMILES string of the molecule is COc1cc(NC(=O)c2ccc(COc3ccc(F)cc3)o2)ccc1OC(F)F. The minimum atomic E-state index is -3.00. The molecule has 3 aromatic rings.